The number of rotatable bonds is 0. The predicted octanol–water partition coefficient (Wildman–Crippen LogP) is 3.34. The molecule has 0 radical (unpaired) electrons. The van der Waals surface area contributed by atoms with Crippen LogP contribution < -0.4 is 0 Å². The van der Waals surface area contributed by atoms with Crippen LogP contribution in [-0.4, -0.2) is 50.7 Å². The van der Waals surface area contributed by atoms with Crippen LogP contribution in [0.3, 0.4) is 0 Å². The van der Waals surface area contributed by atoms with Gasteiger partial charge in [-0.25, -0.2) is 4.79 Å². The Bertz CT molecular complexity index is 318. The van der Waals surface area contributed by atoms with Gasteiger partial charge in [-0.05, 0) is 62.3 Å². The maximum atomic E-state index is 12.7. The van der Waals surface area contributed by atoms with Gasteiger partial charge in [-0.1, -0.05) is 0 Å². The second-order valence-corrected chi connectivity index (χ2v) is 8.47. The van der Waals surface area contributed by atoms with Crippen LogP contribution in [0.2, 0.25) is 0 Å². The molecule has 0 unspecified atom stereocenters. The highest BCUT2D eigenvalue weighted by atomic mass is 16.2. The lowest BCUT2D eigenvalue weighted by Crippen LogP contribution is -2.69. The third-order valence-corrected chi connectivity index (χ3v) is 3.65. The molecule has 0 aromatic rings. The number of carbonyl (C=O) groups excluding carboxylic acids is 1. The summed E-state index contributed by atoms with van der Waals surface area (Å²) < 4.78 is 0. The summed E-state index contributed by atoms with van der Waals surface area (Å²) in [5, 5.41) is 0. The number of amides is 2. The average molecular weight is 269 g/mol. The van der Waals surface area contributed by atoms with Crippen molar-refractivity contribution in [2.45, 2.75) is 78.9 Å². The molecule has 1 saturated heterocycles. The van der Waals surface area contributed by atoms with E-state index in [0.717, 1.165) is 0 Å². The summed E-state index contributed by atoms with van der Waals surface area (Å²) in [6, 6.07) is 0.139. The van der Waals surface area contributed by atoms with E-state index in [4.69, 9.17) is 0 Å². The molecule has 4 heteroatoms. The zero-order valence-electron chi connectivity index (χ0n) is 14.2. The number of hydrogen-bond acceptors (Lipinski definition) is 2. The first-order valence-corrected chi connectivity index (χ1v) is 7.09. The molecular formula is C15H31N3O. The molecule has 0 saturated carbocycles. The molecule has 1 aliphatic heterocycles. The van der Waals surface area contributed by atoms with Gasteiger partial charge in [0, 0.05) is 16.6 Å². The van der Waals surface area contributed by atoms with Crippen molar-refractivity contribution in [1.82, 2.24) is 14.7 Å². The average Bonchev–Trinajstić information content (AvgIpc) is 2.11. The van der Waals surface area contributed by atoms with Crippen molar-refractivity contribution in [3.8, 4) is 0 Å². The maximum Gasteiger partial charge on any atom is 0.322 e. The third kappa shape index (κ3) is 3.62. The number of nitrogens with zero attached hydrogens (tertiary/aromatic N) is 3. The number of hydrogen-bond donors (Lipinski definition) is 0. The van der Waals surface area contributed by atoms with Crippen molar-refractivity contribution in [2.75, 3.05) is 13.3 Å². The minimum absolute atomic E-state index is 0.0493. The van der Waals surface area contributed by atoms with Gasteiger partial charge in [-0.3, -0.25) is 4.90 Å². The third-order valence-electron chi connectivity index (χ3n) is 3.65. The van der Waals surface area contributed by atoms with Gasteiger partial charge < -0.3 is 9.80 Å². The minimum Gasteiger partial charge on any atom is -0.307 e. The molecule has 1 heterocycles. The Balaban J connectivity index is 3.12. The molecule has 0 spiro atoms. The SMILES string of the molecule is CC(C)(C)N1CN(C(C)(C)C)C(=O)N(C(C)(C)C)C1. The Kier molecular flexibility index (Phi) is 3.99. The van der Waals surface area contributed by atoms with Crippen molar-refractivity contribution in [2.24, 2.45) is 0 Å². The zero-order chi connectivity index (χ0) is 15.2. The van der Waals surface area contributed by atoms with Gasteiger partial charge in [0.2, 0.25) is 0 Å². The summed E-state index contributed by atoms with van der Waals surface area (Å²) in [5.74, 6) is 0. The molecule has 0 atom stereocenters. The van der Waals surface area contributed by atoms with Crippen LogP contribution in [0.15, 0.2) is 0 Å². The van der Waals surface area contributed by atoms with Crippen molar-refractivity contribution in [1.29, 1.82) is 0 Å². The van der Waals surface area contributed by atoms with Gasteiger partial charge in [0.25, 0.3) is 0 Å². The number of carbonyl (C=O) groups is 1. The summed E-state index contributed by atoms with van der Waals surface area (Å²) in [4.78, 5) is 19.0. The molecule has 2 amide bonds. The monoisotopic (exact) mass is 269 g/mol. The molecule has 0 N–H and O–H groups in total. The van der Waals surface area contributed by atoms with Gasteiger partial charge in [-0.15, -0.1) is 0 Å². The Hall–Kier alpha value is -0.770. The fraction of sp³-hybridized carbons (Fsp3) is 0.933. The van der Waals surface area contributed by atoms with Gasteiger partial charge >= 0.3 is 6.03 Å². The van der Waals surface area contributed by atoms with E-state index in [1.54, 1.807) is 0 Å². The molecule has 1 fully saturated rings. The molecule has 1 rings (SSSR count). The zero-order valence-corrected chi connectivity index (χ0v) is 14.2. The van der Waals surface area contributed by atoms with Crippen molar-refractivity contribution in [3.63, 3.8) is 0 Å². The number of urea groups is 1. The minimum atomic E-state index is -0.162. The van der Waals surface area contributed by atoms with Crippen LogP contribution in [0.25, 0.3) is 0 Å². The fourth-order valence-electron chi connectivity index (χ4n) is 2.08. The summed E-state index contributed by atoms with van der Waals surface area (Å²) in [5.41, 5.74) is -0.275. The molecule has 0 aromatic carbocycles. The second-order valence-electron chi connectivity index (χ2n) is 8.47. The molecular weight excluding hydrogens is 238 g/mol. The van der Waals surface area contributed by atoms with E-state index in [9.17, 15) is 4.79 Å². The van der Waals surface area contributed by atoms with Crippen LogP contribution in [0.4, 0.5) is 4.79 Å². The summed E-state index contributed by atoms with van der Waals surface area (Å²) in [7, 11) is 0. The summed E-state index contributed by atoms with van der Waals surface area (Å²) in [6.45, 7) is 20.6. The van der Waals surface area contributed by atoms with E-state index in [2.05, 4.69) is 67.2 Å². The first-order valence-electron chi connectivity index (χ1n) is 7.09. The fourth-order valence-corrected chi connectivity index (χ4v) is 2.08. The predicted molar refractivity (Wildman–Crippen MR) is 79.9 cm³/mol. The van der Waals surface area contributed by atoms with Gasteiger partial charge in [0.1, 0.15) is 0 Å². The van der Waals surface area contributed by atoms with Gasteiger partial charge in [-0.2, -0.15) is 0 Å². The van der Waals surface area contributed by atoms with Crippen LogP contribution in [0.1, 0.15) is 62.3 Å². The van der Waals surface area contributed by atoms with E-state index in [1.165, 1.54) is 0 Å². The Morgan fingerprint density at radius 2 is 1.00 bits per heavy atom. The Morgan fingerprint density at radius 3 is 1.21 bits per heavy atom. The lowest BCUT2D eigenvalue weighted by Gasteiger charge is -2.54. The highest BCUT2D eigenvalue weighted by molar-refractivity contribution is 5.76. The molecule has 1 aliphatic rings. The standard InChI is InChI=1S/C15H31N3O/c1-13(2,3)16-10-17(14(4,5)6)12(19)18(11-16)15(7,8)9/h10-11H2,1-9H3. The Morgan fingerprint density at radius 1 is 0.684 bits per heavy atom. The van der Waals surface area contributed by atoms with Crippen molar-refractivity contribution in [3.05, 3.63) is 0 Å². The lowest BCUT2D eigenvalue weighted by molar-refractivity contribution is -0.0639. The lowest BCUT2D eigenvalue weighted by atomic mass is 10.0. The maximum absolute atomic E-state index is 12.7. The topological polar surface area (TPSA) is 26.8 Å². The van der Waals surface area contributed by atoms with Crippen molar-refractivity contribution >= 4 is 6.03 Å². The highest BCUT2D eigenvalue weighted by Crippen LogP contribution is 2.29. The van der Waals surface area contributed by atoms with Crippen LogP contribution >= 0.6 is 0 Å². The molecule has 0 aliphatic carbocycles. The van der Waals surface area contributed by atoms with Gasteiger partial charge in [0.05, 0.1) is 13.3 Å². The molecule has 0 aromatic heterocycles. The quantitative estimate of drug-likeness (QED) is 0.674. The van der Waals surface area contributed by atoms with E-state index in [0.29, 0.717) is 13.3 Å². The first-order chi connectivity index (χ1) is 8.24. The normalized spacial score (nSPS) is 20.2. The Labute approximate surface area is 118 Å². The molecule has 112 valence electrons. The van der Waals surface area contributed by atoms with Crippen molar-refractivity contribution < 1.29 is 4.79 Å². The second kappa shape index (κ2) is 4.65. The molecule has 19 heavy (non-hydrogen) atoms. The largest absolute Gasteiger partial charge is 0.322 e. The summed E-state index contributed by atoms with van der Waals surface area (Å²) in [6.07, 6.45) is 0. The van der Waals surface area contributed by atoms with E-state index in [-0.39, 0.29) is 22.6 Å². The van der Waals surface area contributed by atoms with Crippen LogP contribution in [0.5, 0.6) is 0 Å². The smallest absolute Gasteiger partial charge is 0.307 e. The van der Waals surface area contributed by atoms with E-state index >= 15 is 0 Å². The summed E-state index contributed by atoms with van der Waals surface area (Å²) >= 11 is 0. The molecule has 0 bridgehead atoms. The van der Waals surface area contributed by atoms with E-state index < -0.39 is 0 Å². The van der Waals surface area contributed by atoms with E-state index in [1.807, 2.05) is 9.80 Å². The first kappa shape index (κ1) is 16.3. The van der Waals surface area contributed by atoms with Crippen LogP contribution in [0, 0.1) is 0 Å². The van der Waals surface area contributed by atoms with Gasteiger partial charge in [0.15, 0.2) is 0 Å². The van der Waals surface area contributed by atoms with Crippen LogP contribution in [-0.2, 0) is 0 Å². The highest BCUT2D eigenvalue weighted by Gasteiger charge is 2.43. The molecule has 4 nitrogen and oxygen atoms in total.